The van der Waals surface area contributed by atoms with E-state index < -0.39 is 39.5 Å². The second-order valence-corrected chi connectivity index (χ2v) is 6.71. The van der Waals surface area contributed by atoms with E-state index >= 15 is 0 Å². The number of hydrogen-bond donors (Lipinski definition) is 2. The molecule has 168 valence electrons. The van der Waals surface area contributed by atoms with Crippen LogP contribution < -0.4 is 0 Å². The minimum Gasteiger partial charge on any atom is -0.507 e. The number of carbonyl (C=O) groups excluding carboxylic acids is 3. The molecule has 0 aliphatic carbocycles. The Bertz CT molecular complexity index is 1300. The molecule has 3 rings (SSSR count). The summed E-state index contributed by atoms with van der Waals surface area (Å²) in [4.78, 5) is 49.0. The summed E-state index contributed by atoms with van der Waals surface area (Å²) in [6, 6.07) is 11.6. The molecule has 0 spiro atoms. The summed E-state index contributed by atoms with van der Waals surface area (Å²) in [5, 5.41) is 32.2. The van der Waals surface area contributed by atoms with Gasteiger partial charge < -0.3 is 19.7 Å². The van der Waals surface area contributed by atoms with Crippen LogP contribution in [0.3, 0.4) is 0 Å². The molecule has 33 heavy (non-hydrogen) atoms. The number of ether oxygens (including phenoxy) is 2. The van der Waals surface area contributed by atoms with Gasteiger partial charge in [-0.2, -0.15) is 0 Å². The maximum atomic E-state index is 13.4. The fourth-order valence-corrected chi connectivity index (χ4v) is 3.30. The number of ketones is 1. The van der Waals surface area contributed by atoms with Crippen LogP contribution in [0, 0.1) is 10.1 Å². The van der Waals surface area contributed by atoms with Crippen molar-refractivity contribution in [3.8, 4) is 22.6 Å². The highest BCUT2D eigenvalue weighted by atomic mass is 16.6. The molecule has 0 atom stereocenters. The van der Waals surface area contributed by atoms with Crippen LogP contribution in [0.1, 0.15) is 36.6 Å². The first-order valence-corrected chi connectivity index (χ1v) is 9.35. The standard InChI is InChI=1S/C23H17NO9/c1-32-22(28)16-11-15(20(26)14-8-3-4-9-17(14)25)18(19(21(16)27)23(29)33-2)12-6-5-7-13(10-12)24(30)31/h3-11,25,27H,1-2H3. The Morgan fingerprint density at radius 1 is 0.848 bits per heavy atom. The van der Waals surface area contributed by atoms with Crippen LogP contribution >= 0.6 is 0 Å². The van der Waals surface area contributed by atoms with Gasteiger partial charge in [0.05, 0.1) is 24.7 Å². The number of aromatic hydroxyl groups is 2. The number of nitro benzene ring substituents is 1. The SMILES string of the molecule is COC(=O)c1cc(C(=O)c2ccccc2O)c(-c2cccc([N+](=O)[O-])c2)c(C(=O)OC)c1O. The second kappa shape index (κ2) is 9.18. The normalized spacial score (nSPS) is 10.4. The number of esters is 2. The predicted octanol–water partition coefficient (Wildman–Crippen LogP) is 3.48. The van der Waals surface area contributed by atoms with Crippen molar-refractivity contribution in [2.75, 3.05) is 14.2 Å². The van der Waals surface area contributed by atoms with Gasteiger partial charge in [-0.25, -0.2) is 9.59 Å². The maximum absolute atomic E-state index is 13.4. The quantitative estimate of drug-likeness (QED) is 0.248. The monoisotopic (exact) mass is 451 g/mol. The molecule has 0 unspecified atom stereocenters. The van der Waals surface area contributed by atoms with Crippen LogP contribution in [-0.2, 0) is 9.47 Å². The van der Waals surface area contributed by atoms with E-state index in [1.165, 1.54) is 42.5 Å². The van der Waals surface area contributed by atoms with Gasteiger partial charge >= 0.3 is 11.9 Å². The first-order valence-electron chi connectivity index (χ1n) is 9.35. The molecule has 3 aromatic rings. The van der Waals surface area contributed by atoms with Crippen LogP contribution in [0.5, 0.6) is 11.5 Å². The van der Waals surface area contributed by atoms with E-state index in [9.17, 15) is 34.7 Å². The van der Waals surface area contributed by atoms with Gasteiger partial charge in [0.15, 0.2) is 5.78 Å². The van der Waals surface area contributed by atoms with Crippen molar-refractivity contribution in [3.05, 3.63) is 87.0 Å². The lowest BCUT2D eigenvalue weighted by Gasteiger charge is -2.17. The molecule has 0 aliphatic heterocycles. The Labute approximate surface area is 186 Å². The van der Waals surface area contributed by atoms with E-state index in [0.29, 0.717) is 0 Å². The summed E-state index contributed by atoms with van der Waals surface area (Å²) in [5.41, 5.74) is -2.08. The lowest BCUT2D eigenvalue weighted by Crippen LogP contribution is -2.15. The van der Waals surface area contributed by atoms with Crippen LogP contribution in [0.25, 0.3) is 11.1 Å². The highest BCUT2D eigenvalue weighted by Crippen LogP contribution is 2.40. The Kier molecular flexibility index (Phi) is 6.38. The molecule has 0 fully saturated rings. The van der Waals surface area contributed by atoms with E-state index in [1.54, 1.807) is 0 Å². The third-order valence-corrected chi connectivity index (χ3v) is 4.83. The van der Waals surface area contributed by atoms with Crippen molar-refractivity contribution in [1.29, 1.82) is 0 Å². The van der Waals surface area contributed by atoms with Crippen molar-refractivity contribution in [1.82, 2.24) is 0 Å². The first-order chi connectivity index (χ1) is 15.7. The minimum absolute atomic E-state index is 0.0232. The smallest absolute Gasteiger partial charge is 0.342 e. The van der Waals surface area contributed by atoms with Crippen molar-refractivity contribution in [2.45, 2.75) is 0 Å². The van der Waals surface area contributed by atoms with E-state index in [-0.39, 0.29) is 33.7 Å². The number of hydrogen-bond acceptors (Lipinski definition) is 9. The maximum Gasteiger partial charge on any atom is 0.342 e. The molecule has 0 saturated carbocycles. The Morgan fingerprint density at radius 2 is 1.52 bits per heavy atom. The van der Waals surface area contributed by atoms with Crippen molar-refractivity contribution in [2.24, 2.45) is 0 Å². The number of phenols is 2. The molecule has 10 nitrogen and oxygen atoms in total. The van der Waals surface area contributed by atoms with E-state index in [1.807, 2.05) is 0 Å². The molecular formula is C23H17NO9. The lowest BCUT2D eigenvalue weighted by molar-refractivity contribution is -0.384. The summed E-state index contributed by atoms with van der Waals surface area (Å²) >= 11 is 0. The highest BCUT2D eigenvalue weighted by molar-refractivity contribution is 6.19. The van der Waals surface area contributed by atoms with E-state index in [4.69, 9.17) is 4.74 Å². The minimum atomic E-state index is -1.11. The highest BCUT2D eigenvalue weighted by Gasteiger charge is 2.31. The van der Waals surface area contributed by atoms with Crippen LogP contribution in [0.15, 0.2) is 54.6 Å². The third kappa shape index (κ3) is 4.22. The number of non-ortho nitro benzene ring substituents is 1. The average molecular weight is 451 g/mol. The Morgan fingerprint density at radius 3 is 2.12 bits per heavy atom. The predicted molar refractivity (Wildman–Crippen MR) is 114 cm³/mol. The fraction of sp³-hybridized carbons (Fsp3) is 0.0870. The largest absolute Gasteiger partial charge is 0.507 e. The molecule has 0 bridgehead atoms. The molecule has 0 heterocycles. The molecule has 0 aromatic heterocycles. The number of carbonyl (C=O) groups is 3. The zero-order valence-electron chi connectivity index (χ0n) is 17.4. The van der Waals surface area contributed by atoms with Gasteiger partial charge in [-0.15, -0.1) is 0 Å². The summed E-state index contributed by atoms with van der Waals surface area (Å²) < 4.78 is 9.39. The summed E-state index contributed by atoms with van der Waals surface area (Å²) in [5.74, 6) is -4.17. The molecular weight excluding hydrogens is 434 g/mol. The topological polar surface area (TPSA) is 153 Å². The Hall–Kier alpha value is -4.73. The molecule has 3 aromatic carbocycles. The number of methoxy groups -OCH3 is 2. The first kappa shape index (κ1) is 22.9. The van der Waals surface area contributed by atoms with E-state index in [0.717, 1.165) is 26.4 Å². The Balaban J connectivity index is 2.48. The zero-order valence-corrected chi connectivity index (χ0v) is 17.4. The second-order valence-electron chi connectivity index (χ2n) is 6.71. The van der Waals surface area contributed by atoms with Crippen molar-refractivity contribution in [3.63, 3.8) is 0 Å². The van der Waals surface area contributed by atoms with Crippen LogP contribution in [-0.4, -0.2) is 47.1 Å². The van der Waals surface area contributed by atoms with Crippen molar-refractivity contribution >= 4 is 23.4 Å². The zero-order chi connectivity index (χ0) is 24.3. The van der Waals surface area contributed by atoms with Gasteiger partial charge in [0.25, 0.3) is 5.69 Å². The lowest BCUT2D eigenvalue weighted by atomic mass is 9.87. The summed E-state index contributed by atoms with van der Waals surface area (Å²) in [6.45, 7) is 0. The number of nitrogens with zero attached hydrogens (tertiary/aromatic N) is 1. The molecule has 2 N–H and O–H groups in total. The van der Waals surface area contributed by atoms with Gasteiger partial charge in [-0.05, 0) is 23.8 Å². The summed E-state index contributed by atoms with van der Waals surface area (Å²) in [6.07, 6.45) is 0. The van der Waals surface area contributed by atoms with Crippen LogP contribution in [0.4, 0.5) is 5.69 Å². The molecule has 0 radical (unpaired) electrons. The average Bonchev–Trinajstić information content (AvgIpc) is 2.82. The van der Waals surface area contributed by atoms with Crippen molar-refractivity contribution < 1.29 is 39.0 Å². The van der Waals surface area contributed by atoms with E-state index in [2.05, 4.69) is 4.74 Å². The molecule has 0 aliphatic rings. The van der Waals surface area contributed by atoms with Gasteiger partial charge in [0.1, 0.15) is 22.6 Å². The fourth-order valence-electron chi connectivity index (χ4n) is 3.30. The number of para-hydroxylation sites is 1. The molecule has 10 heteroatoms. The molecule has 0 saturated heterocycles. The van der Waals surface area contributed by atoms with Gasteiger partial charge in [0.2, 0.25) is 0 Å². The third-order valence-electron chi connectivity index (χ3n) is 4.83. The number of rotatable bonds is 6. The molecule has 0 amide bonds. The van der Waals surface area contributed by atoms with Gasteiger partial charge in [-0.1, -0.05) is 24.3 Å². The van der Waals surface area contributed by atoms with Gasteiger partial charge in [-0.3, -0.25) is 14.9 Å². The number of benzene rings is 3. The van der Waals surface area contributed by atoms with Crippen LogP contribution in [0.2, 0.25) is 0 Å². The van der Waals surface area contributed by atoms with Gasteiger partial charge in [0, 0.05) is 23.3 Å². The number of nitro groups is 1. The summed E-state index contributed by atoms with van der Waals surface area (Å²) in [7, 11) is 2.06. The number of phenolic OH excluding ortho intramolecular Hbond substituents is 2.